The van der Waals surface area contributed by atoms with Gasteiger partial charge in [-0.3, -0.25) is 4.79 Å². The standard InChI is InChI=1S/C13H20ClN3O3S.ClH/c1-9(7-15)8-16-13(18)10(2)17-21(19,20)12-5-3-11(14)4-6-12;/h3-6,9-10,17H,7-8,15H2,1-2H3,(H,16,18);1H. The van der Waals surface area contributed by atoms with Gasteiger partial charge >= 0.3 is 0 Å². The maximum Gasteiger partial charge on any atom is 0.241 e. The number of halogens is 2. The van der Waals surface area contributed by atoms with Crippen LogP contribution in [0.2, 0.25) is 5.02 Å². The van der Waals surface area contributed by atoms with Crippen LogP contribution in [-0.4, -0.2) is 33.5 Å². The number of carbonyl (C=O) groups is 1. The summed E-state index contributed by atoms with van der Waals surface area (Å²) in [5.41, 5.74) is 5.45. The molecule has 1 rings (SSSR count). The molecule has 6 nitrogen and oxygen atoms in total. The normalized spacial score (nSPS) is 13.8. The Labute approximate surface area is 142 Å². The van der Waals surface area contributed by atoms with Gasteiger partial charge in [-0.15, -0.1) is 12.4 Å². The molecule has 0 aliphatic heterocycles. The number of benzene rings is 1. The first-order valence-electron chi connectivity index (χ1n) is 6.52. The minimum atomic E-state index is -3.76. The maximum atomic E-state index is 12.1. The van der Waals surface area contributed by atoms with Crippen molar-refractivity contribution in [1.29, 1.82) is 0 Å². The summed E-state index contributed by atoms with van der Waals surface area (Å²) in [6.45, 7) is 4.23. The van der Waals surface area contributed by atoms with E-state index in [9.17, 15) is 13.2 Å². The molecule has 0 radical (unpaired) electrons. The molecule has 0 aliphatic rings. The van der Waals surface area contributed by atoms with Crippen LogP contribution in [0.3, 0.4) is 0 Å². The first-order chi connectivity index (χ1) is 9.76. The Balaban J connectivity index is 0.00000441. The first-order valence-corrected chi connectivity index (χ1v) is 8.38. The average molecular weight is 370 g/mol. The van der Waals surface area contributed by atoms with Crippen molar-refractivity contribution in [3.8, 4) is 0 Å². The lowest BCUT2D eigenvalue weighted by atomic mass is 10.2. The zero-order chi connectivity index (χ0) is 16.0. The smallest absolute Gasteiger partial charge is 0.241 e. The number of rotatable bonds is 7. The van der Waals surface area contributed by atoms with Crippen molar-refractivity contribution in [1.82, 2.24) is 10.0 Å². The Hall–Kier alpha value is -0.860. The second-order valence-electron chi connectivity index (χ2n) is 4.88. The van der Waals surface area contributed by atoms with Crippen LogP contribution in [0.15, 0.2) is 29.2 Å². The summed E-state index contributed by atoms with van der Waals surface area (Å²) in [5.74, 6) is -0.262. The SMILES string of the molecule is CC(CN)CNC(=O)C(C)NS(=O)(=O)c1ccc(Cl)cc1.Cl. The molecule has 1 amide bonds. The number of amides is 1. The highest BCUT2D eigenvalue weighted by atomic mass is 35.5. The van der Waals surface area contributed by atoms with E-state index in [1.807, 2.05) is 6.92 Å². The average Bonchev–Trinajstić information content (AvgIpc) is 2.44. The zero-order valence-electron chi connectivity index (χ0n) is 12.4. The second-order valence-corrected chi connectivity index (χ2v) is 7.03. The molecule has 0 heterocycles. The van der Waals surface area contributed by atoms with E-state index in [0.29, 0.717) is 18.1 Å². The van der Waals surface area contributed by atoms with Crippen LogP contribution in [0, 0.1) is 5.92 Å². The zero-order valence-corrected chi connectivity index (χ0v) is 14.8. The van der Waals surface area contributed by atoms with Gasteiger partial charge in [0.15, 0.2) is 0 Å². The first kappa shape index (κ1) is 21.1. The Kier molecular flexibility index (Phi) is 8.95. The molecule has 2 atom stereocenters. The van der Waals surface area contributed by atoms with Gasteiger partial charge in [0.1, 0.15) is 0 Å². The predicted molar refractivity (Wildman–Crippen MR) is 89.7 cm³/mol. The maximum absolute atomic E-state index is 12.1. The molecular formula is C13H21Cl2N3O3S. The summed E-state index contributed by atoms with van der Waals surface area (Å²) in [5, 5.41) is 3.09. The van der Waals surface area contributed by atoms with Crippen LogP contribution in [0.4, 0.5) is 0 Å². The third kappa shape index (κ3) is 6.50. The molecule has 0 bridgehead atoms. The fourth-order valence-electron chi connectivity index (χ4n) is 1.48. The van der Waals surface area contributed by atoms with Gasteiger partial charge < -0.3 is 11.1 Å². The van der Waals surface area contributed by atoms with Crippen molar-refractivity contribution < 1.29 is 13.2 Å². The summed E-state index contributed by atoms with van der Waals surface area (Å²) < 4.78 is 26.5. The molecule has 0 aromatic heterocycles. The molecule has 4 N–H and O–H groups in total. The van der Waals surface area contributed by atoms with E-state index in [1.165, 1.54) is 31.2 Å². The van der Waals surface area contributed by atoms with Crippen molar-refractivity contribution in [3.05, 3.63) is 29.3 Å². The van der Waals surface area contributed by atoms with E-state index in [4.69, 9.17) is 17.3 Å². The van der Waals surface area contributed by atoms with Crippen LogP contribution < -0.4 is 15.8 Å². The molecule has 2 unspecified atom stereocenters. The lowest BCUT2D eigenvalue weighted by molar-refractivity contribution is -0.122. The molecule has 1 aromatic carbocycles. The van der Waals surface area contributed by atoms with Crippen LogP contribution in [0.1, 0.15) is 13.8 Å². The van der Waals surface area contributed by atoms with E-state index < -0.39 is 22.0 Å². The monoisotopic (exact) mass is 369 g/mol. The second kappa shape index (κ2) is 9.32. The number of sulfonamides is 1. The lowest BCUT2D eigenvalue weighted by Gasteiger charge is -2.16. The highest BCUT2D eigenvalue weighted by Crippen LogP contribution is 2.14. The van der Waals surface area contributed by atoms with Crippen LogP contribution in [0.25, 0.3) is 0 Å². The van der Waals surface area contributed by atoms with Crippen LogP contribution >= 0.6 is 24.0 Å². The third-order valence-electron chi connectivity index (χ3n) is 2.88. The highest BCUT2D eigenvalue weighted by Gasteiger charge is 2.22. The summed E-state index contributed by atoms with van der Waals surface area (Å²) in [6.07, 6.45) is 0. The van der Waals surface area contributed by atoms with Crippen molar-refractivity contribution >= 4 is 39.9 Å². The van der Waals surface area contributed by atoms with E-state index in [2.05, 4.69) is 10.0 Å². The molecular weight excluding hydrogens is 349 g/mol. The van der Waals surface area contributed by atoms with E-state index >= 15 is 0 Å². The summed E-state index contributed by atoms with van der Waals surface area (Å²) in [6, 6.07) is 4.83. The Morgan fingerprint density at radius 2 is 1.82 bits per heavy atom. The number of hydrogen-bond acceptors (Lipinski definition) is 4. The number of nitrogens with one attached hydrogen (secondary N) is 2. The highest BCUT2D eigenvalue weighted by molar-refractivity contribution is 7.89. The summed E-state index contributed by atoms with van der Waals surface area (Å²) in [7, 11) is -3.76. The van der Waals surface area contributed by atoms with Crippen molar-refractivity contribution in [2.24, 2.45) is 11.7 Å². The van der Waals surface area contributed by atoms with Crippen LogP contribution in [0.5, 0.6) is 0 Å². The van der Waals surface area contributed by atoms with Crippen molar-refractivity contribution in [2.75, 3.05) is 13.1 Å². The summed E-state index contributed by atoms with van der Waals surface area (Å²) in [4.78, 5) is 11.9. The molecule has 0 spiro atoms. The van der Waals surface area contributed by atoms with Gasteiger partial charge in [0.05, 0.1) is 10.9 Å². The molecule has 0 fully saturated rings. The quantitative estimate of drug-likeness (QED) is 0.670. The van der Waals surface area contributed by atoms with Gasteiger partial charge in [0.2, 0.25) is 15.9 Å². The van der Waals surface area contributed by atoms with E-state index in [-0.39, 0.29) is 23.2 Å². The molecule has 0 saturated carbocycles. The minimum Gasteiger partial charge on any atom is -0.354 e. The van der Waals surface area contributed by atoms with Gasteiger partial charge in [-0.05, 0) is 43.7 Å². The van der Waals surface area contributed by atoms with E-state index in [0.717, 1.165) is 0 Å². The number of nitrogens with two attached hydrogens (primary N) is 1. The number of carbonyl (C=O) groups excluding carboxylic acids is 1. The Morgan fingerprint density at radius 1 is 1.27 bits per heavy atom. The molecule has 9 heteroatoms. The van der Waals surface area contributed by atoms with Crippen molar-refractivity contribution in [3.63, 3.8) is 0 Å². The van der Waals surface area contributed by atoms with E-state index in [1.54, 1.807) is 0 Å². The van der Waals surface area contributed by atoms with Gasteiger partial charge in [-0.25, -0.2) is 8.42 Å². The fraction of sp³-hybridized carbons (Fsp3) is 0.462. The van der Waals surface area contributed by atoms with Gasteiger partial charge in [0.25, 0.3) is 0 Å². The van der Waals surface area contributed by atoms with Crippen LogP contribution in [-0.2, 0) is 14.8 Å². The topological polar surface area (TPSA) is 101 Å². The third-order valence-corrected chi connectivity index (χ3v) is 4.68. The molecule has 1 aromatic rings. The Bertz CT molecular complexity index is 579. The number of hydrogen-bond donors (Lipinski definition) is 3. The van der Waals surface area contributed by atoms with Crippen molar-refractivity contribution in [2.45, 2.75) is 24.8 Å². The lowest BCUT2D eigenvalue weighted by Crippen LogP contribution is -2.46. The fourth-order valence-corrected chi connectivity index (χ4v) is 2.81. The largest absolute Gasteiger partial charge is 0.354 e. The molecule has 0 aliphatic carbocycles. The van der Waals surface area contributed by atoms with Gasteiger partial charge in [-0.2, -0.15) is 4.72 Å². The molecule has 22 heavy (non-hydrogen) atoms. The summed E-state index contributed by atoms with van der Waals surface area (Å²) >= 11 is 5.71. The predicted octanol–water partition coefficient (Wildman–Crippen LogP) is 1.14. The van der Waals surface area contributed by atoms with Gasteiger partial charge in [0, 0.05) is 11.6 Å². The molecule has 126 valence electrons. The van der Waals surface area contributed by atoms with Gasteiger partial charge in [-0.1, -0.05) is 18.5 Å². The molecule has 0 saturated heterocycles. The minimum absolute atomic E-state index is 0. The Morgan fingerprint density at radius 3 is 2.32 bits per heavy atom.